The fraction of sp³-hybridized carbons (Fsp3) is 0.452. The van der Waals surface area contributed by atoms with Crippen LogP contribution in [0.15, 0.2) is 30.5 Å². The molecule has 2 saturated heterocycles. The second-order valence-corrected chi connectivity index (χ2v) is 11.5. The molecule has 2 aromatic carbocycles. The Bertz CT molecular complexity index is 1630. The third kappa shape index (κ3) is 4.98. The highest BCUT2D eigenvalue weighted by Gasteiger charge is 2.38. The van der Waals surface area contributed by atoms with Crippen LogP contribution >= 0.6 is 0 Å². The van der Waals surface area contributed by atoms with Gasteiger partial charge in [-0.2, -0.15) is 9.97 Å². The van der Waals surface area contributed by atoms with Crippen molar-refractivity contribution in [3.63, 3.8) is 0 Å². The number of phenolic OH excluding ortho intramolecular Hbond substituents is 1. The first-order valence-corrected chi connectivity index (χ1v) is 14.3. The fourth-order valence-electron chi connectivity index (χ4n) is 6.37. The molecule has 10 heteroatoms. The number of aromatic hydroxyl groups is 1. The number of fused-ring (bicyclic) bond motifs is 2. The van der Waals surface area contributed by atoms with E-state index in [0.717, 1.165) is 25.8 Å². The van der Waals surface area contributed by atoms with Crippen molar-refractivity contribution in [3.05, 3.63) is 53.4 Å². The van der Waals surface area contributed by atoms with Crippen molar-refractivity contribution in [2.45, 2.75) is 63.6 Å². The minimum Gasteiger partial charge on any atom is -0.508 e. The lowest BCUT2D eigenvalue weighted by atomic mass is 9.84. The van der Waals surface area contributed by atoms with Crippen LogP contribution in [0.4, 0.5) is 8.78 Å². The van der Waals surface area contributed by atoms with Crippen LogP contribution in [0.3, 0.4) is 0 Å². The van der Waals surface area contributed by atoms with Gasteiger partial charge in [-0.05, 0) is 93.7 Å². The monoisotopic (exact) mass is 563 g/mol. The number of hydrogen-bond donors (Lipinski definition) is 3. The third-order valence-corrected chi connectivity index (χ3v) is 8.63. The van der Waals surface area contributed by atoms with Crippen LogP contribution in [-0.2, 0) is 6.42 Å². The van der Waals surface area contributed by atoms with Gasteiger partial charge < -0.3 is 25.2 Å². The molecule has 6 rings (SSSR count). The number of piperidine rings is 1. The molecule has 2 fully saturated rings. The molecule has 4 aromatic rings. The summed E-state index contributed by atoms with van der Waals surface area (Å²) in [7, 11) is 2.04. The van der Waals surface area contributed by atoms with Gasteiger partial charge in [0, 0.05) is 23.2 Å². The van der Waals surface area contributed by atoms with Crippen LogP contribution in [0, 0.1) is 11.6 Å². The van der Waals surface area contributed by atoms with E-state index in [-0.39, 0.29) is 34.6 Å². The summed E-state index contributed by atoms with van der Waals surface area (Å²) in [6.45, 7) is 5.57. The lowest BCUT2D eigenvalue weighted by Gasteiger charge is -2.38. The van der Waals surface area contributed by atoms with Gasteiger partial charge in [-0.15, -0.1) is 0 Å². The Labute approximate surface area is 237 Å². The number of nitrogens with one attached hydrogen (secondary N) is 1. The lowest BCUT2D eigenvalue weighted by molar-refractivity contribution is -0.00836. The molecule has 2 aromatic heterocycles. The van der Waals surface area contributed by atoms with E-state index in [1.165, 1.54) is 24.4 Å². The molecule has 216 valence electrons. The first kappa shape index (κ1) is 27.7. The van der Waals surface area contributed by atoms with Gasteiger partial charge in [-0.1, -0.05) is 13.0 Å². The zero-order valence-electron chi connectivity index (χ0n) is 23.5. The minimum atomic E-state index is -1.13. The first-order valence-electron chi connectivity index (χ1n) is 14.3. The molecule has 2 aliphatic heterocycles. The van der Waals surface area contributed by atoms with E-state index in [1.54, 1.807) is 13.0 Å². The Morgan fingerprint density at radius 3 is 2.76 bits per heavy atom. The van der Waals surface area contributed by atoms with Crippen molar-refractivity contribution in [2.75, 3.05) is 26.7 Å². The quantitative estimate of drug-likeness (QED) is 0.300. The zero-order chi connectivity index (χ0) is 28.9. The number of halogens is 2. The summed E-state index contributed by atoms with van der Waals surface area (Å²) in [6, 6.07) is 5.48. The number of hydrogen-bond acceptors (Lipinski definition) is 8. The van der Waals surface area contributed by atoms with E-state index in [2.05, 4.69) is 25.2 Å². The smallest absolute Gasteiger partial charge is 0.317 e. The van der Waals surface area contributed by atoms with E-state index in [4.69, 9.17) is 4.74 Å². The highest BCUT2D eigenvalue weighted by atomic mass is 19.1. The van der Waals surface area contributed by atoms with Crippen LogP contribution < -0.4 is 10.1 Å². The average molecular weight is 564 g/mol. The Hall–Kier alpha value is -3.47. The molecule has 0 bridgehead atoms. The Morgan fingerprint density at radius 1 is 1.20 bits per heavy atom. The van der Waals surface area contributed by atoms with Crippen molar-refractivity contribution >= 4 is 21.7 Å². The first-order chi connectivity index (χ1) is 19.7. The van der Waals surface area contributed by atoms with Gasteiger partial charge in [0.15, 0.2) is 5.82 Å². The van der Waals surface area contributed by atoms with E-state index in [1.807, 2.05) is 14.0 Å². The molecule has 41 heavy (non-hydrogen) atoms. The van der Waals surface area contributed by atoms with Gasteiger partial charge >= 0.3 is 6.01 Å². The van der Waals surface area contributed by atoms with Crippen LogP contribution in [-0.4, -0.2) is 68.5 Å². The molecule has 0 saturated carbocycles. The number of likely N-dealkylation sites (N-methyl/N-ethyl adjacent to an activating group) is 1. The van der Waals surface area contributed by atoms with Crippen LogP contribution in [0.25, 0.3) is 32.9 Å². The van der Waals surface area contributed by atoms with E-state index in [9.17, 15) is 14.6 Å². The molecule has 4 heterocycles. The van der Waals surface area contributed by atoms with Crippen molar-refractivity contribution in [1.82, 2.24) is 25.2 Å². The van der Waals surface area contributed by atoms with Crippen molar-refractivity contribution in [1.29, 1.82) is 0 Å². The molecular weight excluding hydrogens is 528 g/mol. The summed E-state index contributed by atoms with van der Waals surface area (Å²) in [5.74, 6) is -1.23. The van der Waals surface area contributed by atoms with Gasteiger partial charge in [-0.25, -0.2) is 8.78 Å². The highest BCUT2D eigenvalue weighted by Crippen LogP contribution is 2.40. The zero-order valence-corrected chi connectivity index (χ0v) is 23.5. The topological polar surface area (TPSA) is 104 Å². The van der Waals surface area contributed by atoms with Crippen molar-refractivity contribution < 1.29 is 23.7 Å². The maximum atomic E-state index is 16.6. The molecule has 0 amide bonds. The van der Waals surface area contributed by atoms with E-state index < -0.39 is 23.3 Å². The molecule has 8 nitrogen and oxygen atoms in total. The average Bonchev–Trinajstić information content (AvgIpc) is 3.36. The largest absolute Gasteiger partial charge is 0.508 e. The van der Waals surface area contributed by atoms with Gasteiger partial charge in [-0.3, -0.25) is 4.98 Å². The number of ether oxygens (including phenoxy) is 1. The second-order valence-electron chi connectivity index (χ2n) is 11.5. The summed E-state index contributed by atoms with van der Waals surface area (Å²) in [6.07, 6.45) is 5.27. The maximum absolute atomic E-state index is 16.6. The molecule has 0 aliphatic carbocycles. The number of nitrogens with zero attached hydrogens (tertiary/aromatic N) is 4. The number of aryl methyl sites for hydroxylation is 1. The molecule has 0 radical (unpaired) electrons. The van der Waals surface area contributed by atoms with Crippen molar-refractivity contribution in [3.8, 4) is 23.0 Å². The standard InChI is InChI=1S/C31H35F2N5O3/c1-4-20-23(32)9-8-17-13-19(39)14-21(24(17)20)26-25(33)27-22(15-35-26)28(29-31(2,40)10-6-11-34-29)37-30(36-27)41-16-18-7-5-12-38(18)3/h8-9,13-15,18,29,34,39-40H,4-7,10-12,16H2,1-3H3/t18-,29?,31?/m0/s1. The third-order valence-electron chi connectivity index (χ3n) is 8.63. The molecule has 3 atom stereocenters. The number of aromatic nitrogens is 3. The SMILES string of the molecule is CCc1c(F)ccc2cc(O)cc(-c3ncc4c(C5NCCCC5(C)O)nc(OC[C@@H]5CCCN5C)nc4c3F)c12. The van der Waals surface area contributed by atoms with Crippen LogP contribution in [0.5, 0.6) is 11.8 Å². The minimum absolute atomic E-state index is 0.0103. The molecule has 2 aliphatic rings. The number of pyridine rings is 1. The van der Waals surface area contributed by atoms with E-state index in [0.29, 0.717) is 53.4 Å². The normalized spacial score (nSPS) is 23.5. The fourth-order valence-corrected chi connectivity index (χ4v) is 6.37. The number of benzene rings is 2. The van der Waals surface area contributed by atoms with Gasteiger partial charge in [0.1, 0.15) is 29.4 Å². The summed E-state index contributed by atoms with van der Waals surface area (Å²) >= 11 is 0. The van der Waals surface area contributed by atoms with E-state index >= 15 is 4.39 Å². The number of rotatable bonds is 6. The number of likely N-dealkylation sites (tertiary alicyclic amines) is 1. The van der Waals surface area contributed by atoms with Gasteiger partial charge in [0.25, 0.3) is 0 Å². The van der Waals surface area contributed by atoms with Gasteiger partial charge in [0.05, 0.1) is 17.3 Å². The Kier molecular flexibility index (Phi) is 7.25. The Morgan fingerprint density at radius 2 is 2.02 bits per heavy atom. The number of aliphatic hydroxyl groups is 1. The molecule has 3 N–H and O–H groups in total. The summed E-state index contributed by atoms with van der Waals surface area (Å²) in [4.78, 5) is 15.9. The second kappa shape index (κ2) is 10.7. The van der Waals surface area contributed by atoms with Crippen molar-refractivity contribution in [2.24, 2.45) is 0 Å². The predicted octanol–water partition coefficient (Wildman–Crippen LogP) is 5.04. The number of phenols is 1. The van der Waals surface area contributed by atoms with Crippen LogP contribution in [0.1, 0.15) is 56.8 Å². The van der Waals surface area contributed by atoms with Crippen LogP contribution in [0.2, 0.25) is 0 Å². The molecule has 2 unspecified atom stereocenters. The maximum Gasteiger partial charge on any atom is 0.317 e. The highest BCUT2D eigenvalue weighted by molar-refractivity contribution is 6.01. The summed E-state index contributed by atoms with van der Waals surface area (Å²) < 4.78 is 37.5. The van der Waals surface area contributed by atoms with Gasteiger partial charge in [0.2, 0.25) is 0 Å². The predicted molar refractivity (Wildman–Crippen MR) is 153 cm³/mol. The molecule has 0 spiro atoms. The summed E-state index contributed by atoms with van der Waals surface area (Å²) in [5, 5.41) is 26.5. The molecular formula is C31H35F2N5O3. The Balaban J connectivity index is 1.55. The summed E-state index contributed by atoms with van der Waals surface area (Å²) in [5.41, 5.74) is -0.110. The lowest BCUT2D eigenvalue weighted by Crippen LogP contribution is -2.47.